The van der Waals surface area contributed by atoms with Crippen LogP contribution in [0.5, 0.6) is 5.75 Å². The van der Waals surface area contributed by atoms with Gasteiger partial charge in [0.25, 0.3) is 10.0 Å². The van der Waals surface area contributed by atoms with Crippen LogP contribution in [0, 0.1) is 0 Å². The smallest absolute Gasteiger partial charge is 0.264 e. The van der Waals surface area contributed by atoms with Crippen molar-refractivity contribution in [2.24, 2.45) is 0 Å². The molecule has 1 aliphatic heterocycles. The largest absolute Gasteiger partial charge is 0.495 e. The Bertz CT molecular complexity index is 1260. The molecule has 3 aromatic rings. The molecule has 1 fully saturated rings. The topological polar surface area (TPSA) is 79.0 Å². The number of carbonyl (C=O) groups is 1. The molecule has 0 radical (unpaired) electrons. The molecule has 0 spiro atoms. The highest BCUT2D eigenvalue weighted by Gasteiger charge is 2.29. The molecule has 0 unspecified atom stereocenters. The van der Waals surface area contributed by atoms with Crippen molar-refractivity contribution in [2.75, 3.05) is 35.9 Å². The first kappa shape index (κ1) is 24.9. The van der Waals surface area contributed by atoms with Gasteiger partial charge in [-0.2, -0.15) is 0 Å². The molecule has 0 atom stereocenters. The van der Waals surface area contributed by atoms with Crippen molar-refractivity contribution >= 4 is 38.9 Å². The van der Waals surface area contributed by atoms with Gasteiger partial charge >= 0.3 is 0 Å². The summed E-state index contributed by atoms with van der Waals surface area (Å²) in [4.78, 5) is 15.3. The standard InChI is InChI=1S/C26H28ClN3O4S/c1-34-25-14-11-21(27)17-24(25)30(35(32,33)23-7-3-2-4-8-23)19-26(31)28-18-20-9-12-22(13-10-20)29-15-5-6-16-29/h2-4,7-14,17H,5-6,15-16,18-19H2,1H3,(H,28,31). The van der Waals surface area contributed by atoms with Crippen molar-refractivity contribution in [3.63, 3.8) is 0 Å². The number of hydrogen-bond acceptors (Lipinski definition) is 5. The van der Waals surface area contributed by atoms with Crippen LogP contribution in [0.3, 0.4) is 0 Å². The van der Waals surface area contributed by atoms with Crippen LogP contribution in [-0.4, -0.2) is 41.1 Å². The summed E-state index contributed by atoms with van der Waals surface area (Å²) in [5, 5.41) is 3.16. The van der Waals surface area contributed by atoms with E-state index in [9.17, 15) is 13.2 Å². The van der Waals surface area contributed by atoms with Crippen molar-refractivity contribution in [1.29, 1.82) is 0 Å². The van der Waals surface area contributed by atoms with E-state index in [4.69, 9.17) is 16.3 Å². The van der Waals surface area contributed by atoms with Crippen LogP contribution in [0.4, 0.5) is 11.4 Å². The number of ether oxygens (including phenoxy) is 1. The number of anilines is 2. The van der Waals surface area contributed by atoms with Gasteiger partial charge in [-0.3, -0.25) is 9.10 Å². The van der Waals surface area contributed by atoms with Crippen molar-refractivity contribution in [2.45, 2.75) is 24.3 Å². The Balaban J connectivity index is 1.53. The summed E-state index contributed by atoms with van der Waals surface area (Å²) >= 11 is 6.17. The van der Waals surface area contributed by atoms with Crippen LogP contribution >= 0.6 is 11.6 Å². The molecule has 1 heterocycles. The predicted molar refractivity (Wildman–Crippen MR) is 139 cm³/mol. The minimum Gasteiger partial charge on any atom is -0.495 e. The van der Waals surface area contributed by atoms with Crippen LogP contribution < -0.4 is 19.3 Å². The van der Waals surface area contributed by atoms with E-state index in [1.807, 2.05) is 12.1 Å². The summed E-state index contributed by atoms with van der Waals surface area (Å²) in [6.07, 6.45) is 2.41. The van der Waals surface area contributed by atoms with Crippen molar-refractivity contribution in [3.8, 4) is 5.75 Å². The van der Waals surface area contributed by atoms with Crippen LogP contribution in [0.25, 0.3) is 0 Å². The molecular formula is C26H28ClN3O4S. The van der Waals surface area contributed by atoms with Gasteiger partial charge in [0, 0.05) is 30.3 Å². The highest BCUT2D eigenvalue weighted by atomic mass is 35.5. The number of carbonyl (C=O) groups excluding carboxylic acids is 1. The number of benzene rings is 3. The van der Waals surface area contributed by atoms with E-state index in [2.05, 4.69) is 22.3 Å². The number of methoxy groups -OCH3 is 1. The molecular weight excluding hydrogens is 486 g/mol. The van der Waals surface area contributed by atoms with E-state index in [1.54, 1.807) is 30.3 Å². The zero-order chi connectivity index (χ0) is 24.8. The number of halogens is 1. The first-order valence-corrected chi connectivity index (χ1v) is 13.2. The van der Waals surface area contributed by atoms with Crippen LogP contribution in [0.2, 0.25) is 5.02 Å². The lowest BCUT2D eigenvalue weighted by atomic mass is 10.2. The SMILES string of the molecule is COc1ccc(Cl)cc1N(CC(=O)NCc1ccc(N2CCCC2)cc1)S(=O)(=O)c1ccccc1. The van der Waals surface area contributed by atoms with Crippen molar-refractivity contribution in [3.05, 3.63) is 83.4 Å². The average molecular weight is 514 g/mol. The summed E-state index contributed by atoms with van der Waals surface area (Å²) < 4.78 is 33.5. The summed E-state index contributed by atoms with van der Waals surface area (Å²) in [5.74, 6) is -0.158. The average Bonchev–Trinajstić information content (AvgIpc) is 3.42. The lowest BCUT2D eigenvalue weighted by Gasteiger charge is -2.26. The molecule has 35 heavy (non-hydrogen) atoms. The minimum atomic E-state index is -4.07. The molecule has 0 aromatic heterocycles. The molecule has 7 nitrogen and oxygen atoms in total. The molecule has 1 saturated heterocycles. The fourth-order valence-corrected chi connectivity index (χ4v) is 5.68. The number of amides is 1. The Kier molecular flexibility index (Phi) is 7.83. The van der Waals surface area contributed by atoms with Gasteiger partial charge in [-0.05, 0) is 60.9 Å². The second kappa shape index (κ2) is 11.0. The number of hydrogen-bond donors (Lipinski definition) is 1. The fraction of sp³-hybridized carbons (Fsp3) is 0.269. The van der Waals surface area contributed by atoms with Gasteiger partial charge in [0.15, 0.2) is 0 Å². The second-order valence-electron chi connectivity index (χ2n) is 8.28. The third-order valence-corrected chi connectivity index (χ3v) is 7.93. The molecule has 184 valence electrons. The molecule has 0 bridgehead atoms. The third kappa shape index (κ3) is 5.89. The molecule has 1 amide bonds. The Hall–Kier alpha value is -3.23. The van der Waals surface area contributed by atoms with E-state index in [0.29, 0.717) is 10.8 Å². The number of rotatable bonds is 9. The summed E-state index contributed by atoms with van der Waals surface area (Å²) in [6.45, 7) is 1.98. The van der Waals surface area contributed by atoms with Crippen LogP contribution in [-0.2, 0) is 21.4 Å². The quantitative estimate of drug-likeness (QED) is 0.457. The molecule has 1 aliphatic rings. The van der Waals surface area contributed by atoms with E-state index < -0.39 is 22.5 Å². The maximum Gasteiger partial charge on any atom is 0.264 e. The Morgan fingerprint density at radius 2 is 1.71 bits per heavy atom. The monoisotopic (exact) mass is 513 g/mol. The van der Waals surface area contributed by atoms with Gasteiger partial charge in [0.05, 0.1) is 17.7 Å². The van der Waals surface area contributed by atoms with Gasteiger partial charge in [0.2, 0.25) is 5.91 Å². The third-order valence-electron chi connectivity index (χ3n) is 5.93. The minimum absolute atomic E-state index is 0.0623. The summed E-state index contributed by atoms with van der Waals surface area (Å²) in [6, 6.07) is 20.7. The summed E-state index contributed by atoms with van der Waals surface area (Å²) in [7, 11) is -2.63. The van der Waals surface area contributed by atoms with Crippen molar-refractivity contribution in [1.82, 2.24) is 5.32 Å². The van der Waals surface area contributed by atoms with Crippen LogP contribution in [0.15, 0.2) is 77.7 Å². The molecule has 0 saturated carbocycles. The van der Waals surface area contributed by atoms with Gasteiger partial charge in [-0.15, -0.1) is 0 Å². The molecule has 4 rings (SSSR count). The van der Waals surface area contributed by atoms with E-state index >= 15 is 0 Å². The summed E-state index contributed by atoms with van der Waals surface area (Å²) in [5.41, 5.74) is 2.29. The maximum absolute atomic E-state index is 13.5. The first-order chi connectivity index (χ1) is 16.9. The zero-order valence-corrected chi connectivity index (χ0v) is 21.1. The Morgan fingerprint density at radius 3 is 2.37 bits per heavy atom. The molecule has 1 N–H and O–H groups in total. The fourth-order valence-electron chi connectivity index (χ4n) is 4.06. The lowest BCUT2D eigenvalue weighted by molar-refractivity contribution is -0.119. The highest BCUT2D eigenvalue weighted by Crippen LogP contribution is 2.34. The zero-order valence-electron chi connectivity index (χ0n) is 19.5. The normalized spacial score (nSPS) is 13.5. The number of nitrogens with one attached hydrogen (secondary N) is 1. The molecule has 0 aliphatic carbocycles. The highest BCUT2D eigenvalue weighted by molar-refractivity contribution is 7.92. The van der Waals surface area contributed by atoms with Gasteiger partial charge < -0.3 is 15.0 Å². The predicted octanol–water partition coefficient (Wildman–Crippen LogP) is 4.46. The second-order valence-corrected chi connectivity index (χ2v) is 10.6. The Labute approximate surface area is 211 Å². The maximum atomic E-state index is 13.5. The Morgan fingerprint density at radius 1 is 1.03 bits per heavy atom. The van der Waals surface area contributed by atoms with E-state index in [0.717, 1.165) is 23.0 Å². The van der Waals surface area contributed by atoms with Crippen molar-refractivity contribution < 1.29 is 17.9 Å². The van der Waals surface area contributed by atoms with E-state index in [-0.39, 0.29) is 17.1 Å². The number of sulfonamides is 1. The number of nitrogens with zero attached hydrogens (tertiary/aromatic N) is 2. The van der Waals surface area contributed by atoms with E-state index in [1.165, 1.54) is 43.8 Å². The lowest BCUT2D eigenvalue weighted by Crippen LogP contribution is -2.40. The van der Waals surface area contributed by atoms with Gasteiger partial charge in [-0.25, -0.2) is 8.42 Å². The van der Waals surface area contributed by atoms with Gasteiger partial charge in [-0.1, -0.05) is 41.9 Å². The van der Waals surface area contributed by atoms with Crippen LogP contribution in [0.1, 0.15) is 18.4 Å². The molecule has 9 heteroatoms. The molecule has 3 aromatic carbocycles. The first-order valence-electron chi connectivity index (χ1n) is 11.4. The van der Waals surface area contributed by atoms with Gasteiger partial charge in [0.1, 0.15) is 12.3 Å².